The summed E-state index contributed by atoms with van der Waals surface area (Å²) in [6.07, 6.45) is 4.98. The van der Waals surface area contributed by atoms with Crippen molar-refractivity contribution >= 4 is 0 Å². The molecular weight excluding hydrogens is 210 g/mol. The van der Waals surface area contributed by atoms with Gasteiger partial charge in [-0.1, -0.05) is 24.6 Å². The predicted octanol–water partition coefficient (Wildman–Crippen LogP) is 3.46. The van der Waals surface area contributed by atoms with Crippen molar-refractivity contribution in [2.45, 2.75) is 57.6 Å². The minimum absolute atomic E-state index is 0.230. The topological polar surface area (TPSA) is 35.2 Å². The van der Waals surface area contributed by atoms with Gasteiger partial charge >= 0.3 is 0 Å². The number of rotatable bonds is 3. The Labute approximate surface area is 104 Å². The molecule has 1 aliphatic carbocycles. The van der Waals surface area contributed by atoms with Gasteiger partial charge < -0.3 is 10.5 Å². The molecule has 2 unspecified atom stereocenters. The Hall–Kier alpha value is -1.02. The summed E-state index contributed by atoms with van der Waals surface area (Å²) < 4.78 is 5.89. The molecule has 2 heteroatoms. The molecule has 1 saturated carbocycles. The molecule has 0 bridgehead atoms. The Morgan fingerprint density at radius 3 is 2.71 bits per heavy atom. The lowest BCUT2D eigenvalue weighted by Crippen LogP contribution is -2.27. The van der Waals surface area contributed by atoms with E-state index in [4.69, 9.17) is 10.5 Å². The third-order valence-corrected chi connectivity index (χ3v) is 3.44. The quantitative estimate of drug-likeness (QED) is 0.867. The maximum absolute atomic E-state index is 6.07. The number of benzene rings is 1. The van der Waals surface area contributed by atoms with Crippen molar-refractivity contribution in [3.63, 3.8) is 0 Å². The van der Waals surface area contributed by atoms with Gasteiger partial charge in [0.1, 0.15) is 5.75 Å². The lowest BCUT2D eigenvalue weighted by Gasteiger charge is -2.28. The molecule has 1 aliphatic rings. The molecule has 0 heterocycles. The van der Waals surface area contributed by atoms with E-state index >= 15 is 0 Å². The highest BCUT2D eigenvalue weighted by molar-refractivity contribution is 5.36. The van der Waals surface area contributed by atoms with Crippen LogP contribution in [0.1, 0.15) is 51.0 Å². The SMILES string of the molecule is CC(C)Oc1ccccc1C1CCCC(N)C1. The molecule has 94 valence electrons. The molecular formula is C15H23NO. The van der Waals surface area contributed by atoms with Crippen LogP contribution in [0, 0.1) is 0 Å². The van der Waals surface area contributed by atoms with Gasteiger partial charge in [0.25, 0.3) is 0 Å². The maximum atomic E-state index is 6.07. The lowest BCUT2D eigenvalue weighted by molar-refractivity contribution is 0.236. The van der Waals surface area contributed by atoms with Crippen molar-refractivity contribution in [1.29, 1.82) is 0 Å². The van der Waals surface area contributed by atoms with Gasteiger partial charge in [-0.05, 0) is 50.7 Å². The number of nitrogens with two attached hydrogens (primary N) is 1. The molecule has 2 nitrogen and oxygen atoms in total. The van der Waals surface area contributed by atoms with E-state index in [0.717, 1.165) is 12.2 Å². The van der Waals surface area contributed by atoms with Gasteiger partial charge in [0, 0.05) is 6.04 Å². The molecule has 0 aromatic heterocycles. The van der Waals surface area contributed by atoms with Gasteiger partial charge in [-0.15, -0.1) is 0 Å². The molecule has 2 atom stereocenters. The smallest absolute Gasteiger partial charge is 0.123 e. The Morgan fingerprint density at radius 1 is 1.24 bits per heavy atom. The van der Waals surface area contributed by atoms with Gasteiger partial charge in [-0.3, -0.25) is 0 Å². The van der Waals surface area contributed by atoms with Crippen LogP contribution in [0.15, 0.2) is 24.3 Å². The summed E-state index contributed by atoms with van der Waals surface area (Å²) in [6, 6.07) is 8.78. The van der Waals surface area contributed by atoms with Crippen molar-refractivity contribution in [2.75, 3.05) is 0 Å². The van der Waals surface area contributed by atoms with Crippen LogP contribution in [-0.2, 0) is 0 Å². The largest absolute Gasteiger partial charge is 0.491 e. The van der Waals surface area contributed by atoms with Crippen molar-refractivity contribution in [3.05, 3.63) is 29.8 Å². The van der Waals surface area contributed by atoms with Crippen molar-refractivity contribution in [3.8, 4) is 5.75 Å². The van der Waals surface area contributed by atoms with Crippen LogP contribution in [0.4, 0.5) is 0 Å². The van der Waals surface area contributed by atoms with Crippen molar-refractivity contribution in [1.82, 2.24) is 0 Å². The van der Waals surface area contributed by atoms with Crippen LogP contribution in [0.3, 0.4) is 0 Å². The fourth-order valence-corrected chi connectivity index (χ4v) is 2.69. The van der Waals surface area contributed by atoms with Crippen LogP contribution in [0.2, 0.25) is 0 Å². The number of para-hydroxylation sites is 1. The van der Waals surface area contributed by atoms with Gasteiger partial charge in [-0.2, -0.15) is 0 Å². The second kappa shape index (κ2) is 5.54. The first-order chi connectivity index (χ1) is 8.16. The number of hydrogen-bond donors (Lipinski definition) is 1. The van der Waals surface area contributed by atoms with E-state index in [0.29, 0.717) is 12.0 Å². The first-order valence-electron chi connectivity index (χ1n) is 6.68. The summed E-state index contributed by atoms with van der Waals surface area (Å²) in [5.74, 6) is 1.62. The minimum atomic E-state index is 0.230. The monoisotopic (exact) mass is 233 g/mol. The minimum Gasteiger partial charge on any atom is -0.491 e. The molecule has 0 amide bonds. The van der Waals surface area contributed by atoms with Crippen LogP contribution < -0.4 is 10.5 Å². The molecule has 1 fully saturated rings. The first kappa shape index (κ1) is 12.4. The van der Waals surface area contributed by atoms with Crippen LogP contribution in [0.25, 0.3) is 0 Å². The summed E-state index contributed by atoms with van der Waals surface area (Å²) in [4.78, 5) is 0. The highest BCUT2D eigenvalue weighted by Crippen LogP contribution is 2.37. The van der Waals surface area contributed by atoms with Gasteiger partial charge in [0.05, 0.1) is 6.10 Å². The standard InChI is InChI=1S/C15H23NO/c1-11(2)17-15-9-4-3-8-14(15)12-6-5-7-13(16)10-12/h3-4,8-9,11-13H,5-7,10,16H2,1-2H3. The molecule has 1 aromatic rings. The molecule has 0 aliphatic heterocycles. The molecule has 2 N–H and O–H groups in total. The zero-order valence-electron chi connectivity index (χ0n) is 10.9. The average molecular weight is 233 g/mol. The van der Waals surface area contributed by atoms with E-state index in [9.17, 15) is 0 Å². The highest BCUT2D eigenvalue weighted by atomic mass is 16.5. The normalized spacial score (nSPS) is 24.9. The Balaban J connectivity index is 2.18. The zero-order valence-corrected chi connectivity index (χ0v) is 10.9. The number of ether oxygens (including phenoxy) is 1. The molecule has 1 aromatic carbocycles. The van der Waals surface area contributed by atoms with Crippen molar-refractivity contribution in [2.24, 2.45) is 5.73 Å². The average Bonchev–Trinajstić information content (AvgIpc) is 2.29. The van der Waals surface area contributed by atoms with Crippen LogP contribution in [0.5, 0.6) is 5.75 Å². The first-order valence-corrected chi connectivity index (χ1v) is 6.68. The fourth-order valence-electron chi connectivity index (χ4n) is 2.69. The molecule has 0 spiro atoms. The third kappa shape index (κ3) is 3.22. The summed E-state index contributed by atoms with van der Waals surface area (Å²) in [5, 5.41) is 0. The summed E-state index contributed by atoms with van der Waals surface area (Å²) >= 11 is 0. The molecule has 17 heavy (non-hydrogen) atoms. The Kier molecular flexibility index (Phi) is 4.06. The Morgan fingerprint density at radius 2 is 2.00 bits per heavy atom. The van der Waals surface area contributed by atoms with Crippen molar-refractivity contribution < 1.29 is 4.74 Å². The van der Waals surface area contributed by atoms with Crippen LogP contribution in [-0.4, -0.2) is 12.1 Å². The van der Waals surface area contributed by atoms with E-state index in [1.807, 2.05) is 6.07 Å². The number of hydrogen-bond acceptors (Lipinski definition) is 2. The molecule has 0 saturated heterocycles. The van der Waals surface area contributed by atoms with E-state index in [-0.39, 0.29) is 6.10 Å². The predicted molar refractivity (Wildman–Crippen MR) is 71.4 cm³/mol. The second-order valence-corrected chi connectivity index (χ2v) is 5.33. The Bertz CT molecular complexity index is 362. The maximum Gasteiger partial charge on any atom is 0.123 e. The summed E-state index contributed by atoms with van der Waals surface area (Å²) in [6.45, 7) is 4.15. The highest BCUT2D eigenvalue weighted by Gasteiger charge is 2.23. The van der Waals surface area contributed by atoms with E-state index in [1.54, 1.807) is 0 Å². The van der Waals surface area contributed by atoms with E-state index < -0.39 is 0 Å². The third-order valence-electron chi connectivity index (χ3n) is 3.44. The summed E-state index contributed by atoms with van der Waals surface area (Å²) in [7, 11) is 0. The molecule has 2 rings (SSSR count). The fraction of sp³-hybridized carbons (Fsp3) is 0.600. The van der Waals surface area contributed by atoms with Crippen LogP contribution >= 0.6 is 0 Å². The van der Waals surface area contributed by atoms with Gasteiger partial charge in [0.15, 0.2) is 0 Å². The molecule has 0 radical (unpaired) electrons. The lowest BCUT2D eigenvalue weighted by atomic mass is 9.81. The zero-order chi connectivity index (χ0) is 12.3. The second-order valence-electron chi connectivity index (χ2n) is 5.33. The van der Waals surface area contributed by atoms with E-state index in [1.165, 1.54) is 24.8 Å². The van der Waals surface area contributed by atoms with E-state index in [2.05, 4.69) is 32.0 Å². The van der Waals surface area contributed by atoms with Gasteiger partial charge in [0.2, 0.25) is 0 Å². The summed E-state index contributed by atoms with van der Waals surface area (Å²) in [5.41, 5.74) is 7.42. The van der Waals surface area contributed by atoms with Gasteiger partial charge in [-0.25, -0.2) is 0 Å².